The fourth-order valence-corrected chi connectivity index (χ4v) is 3.82. The minimum atomic E-state index is 0.0337. The van der Waals surface area contributed by atoms with E-state index in [0.717, 1.165) is 43.3 Å². The summed E-state index contributed by atoms with van der Waals surface area (Å²) in [5, 5.41) is 4.10. The molecule has 1 fully saturated rings. The number of amides is 1. The summed E-state index contributed by atoms with van der Waals surface area (Å²) in [4.78, 5) is 19.5. The maximum Gasteiger partial charge on any atom is 0.225 e. The molecule has 1 amide bonds. The molecule has 0 saturated carbocycles. The predicted molar refractivity (Wildman–Crippen MR) is 107 cm³/mol. The number of nitrogens with one attached hydrogen (secondary N) is 1. The average molecular weight is 373 g/mol. The van der Waals surface area contributed by atoms with Gasteiger partial charge in [-0.1, -0.05) is 44.2 Å². The molecule has 1 aromatic carbocycles. The number of hydrogen-bond donors (Lipinski definition) is 1. The zero-order valence-electron chi connectivity index (χ0n) is 15.8. The van der Waals surface area contributed by atoms with Crippen LogP contribution in [0.2, 0.25) is 0 Å². The van der Waals surface area contributed by atoms with Gasteiger partial charge in [-0.05, 0) is 31.2 Å². The Bertz CT molecular complexity index is 716. The zero-order chi connectivity index (χ0) is 18.5. The van der Waals surface area contributed by atoms with E-state index in [2.05, 4.69) is 47.5 Å². The molecule has 2 atom stereocenters. The predicted octanol–water partition coefficient (Wildman–Crippen LogP) is 3.51. The Hall–Kier alpha value is -1.95. The van der Waals surface area contributed by atoms with Gasteiger partial charge >= 0.3 is 0 Å². The van der Waals surface area contributed by atoms with Crippen LogP contribution in [0.3, 0.4) is 0 Å². The standard InChI is InChI=1S/C20H28N4OS/c1-14(2)15(3)21-19(25)17-10-7-11-24(13-17)20-22-18(23-26-20)12-16-8-5-4-6-9-16/h4-6,8-9,14-15,17H,7,10-13H2,1-3H3,(H,21,25)/t15-,17-/m0/s1. The summed E-state index contributed by atoms with van der Waals surface area (Å²) in [5.74, 6) is 1.51. The van der Waals surface area contributed by atoms with E-state index in [4.69, 9.17) is 4.98 Å². The molecule has 1 N–H and O–H groups in total. The molecule has 26 heavy (non-hydrogen) atoms. The topological polar surface area (TPSA) is 58.1 Å². The van der Waals surface area contributed by atoms with Crippen LogP contribution in [0.15, 0.2) is 30.3 Å². The van der Waals surface area contributed by atoms with E-state index in [1.165, 1.54) is 17.1 Å². The molecule has 3 rings (SSSR count). The maximum atomic E-state index is 12.6. The van der Waals surface area contributed by atoms with Crippen LogP contribution in [0.25, 0.3) is 0 Å². The van der Waals surface area contributed by atoms with Crippen molar-refractivity contribution in [1.29, 1.82) is 0 Å². The third kappa shape index (κ3) is 4.81. The second kappa shape index (κ2) is 8.62. The fourth-order valence-electron chi connectivity index (χ4n) is 3.10. The second-order valence-corrected chi connectivity index (χ2v) is 8.21. The number of carbonyl (C=O) groups excluding carboxylic acids is 1. The molecule has 2 aromatic rings. The molecular weight excluding hydrogens is 344 g/mol. The van der Waals surface area contributed by atoms with Crippen LogP contribution in [0.4, 0.5) is 5.13 Å². The summed E-state index contributed by atoms with van der Waals surface area (Å²) in [6, 6.07) is 10.5. The van der Waals surface area contributed by atoms with Crippen molar-refractivity contribution in [1.82, 2.24) is 14.7 Å². The lowest BCUT2D eigenvalue weighted by Gasteiger charge is -2.32. The van der Waals surface area contributed by atoms with E-state index in [9.17, 15) is 4.79 Å². The third-order valence-electron chi connectivity index (χ3n) is 5.10. The normalized spacial score (nSPS) is 18.8. The van der Waals surface area contributed by atoms with Crippen LogP contribution < -0.4 is 10.2 Å². The molecule has 5 nitrogen and oxygen atoms in total. The zero-order valence-corrected chi connectivity index (χ0v) is 16.6. The number of anilines is 1. The molecule has 0 aliphatic carbocycles. The van der Waals surface area contributed by atoms with E-state index in [-0.39, 0.29) is 17.9 Å². The van der Waals surface area contributed by atoms with Gasteiger partial charge in [-0.25, -0.2) is 4.98 Å². The maximum absolute atomic E-state index is 12.6. The summed E-state index contributed by atoms with van der Waals surface area (Å²) in [6.07, 6.45) is 2.71. The molecule has 0 spiro atoms. The number of nitrogens with zero attached hydrogens (tertiary/aromatic N) is 3. The Balaban J connectivity index is 1.60. The number of piperidine rings is 1. The minimum Gasteiger partial charge on any atom is -0.353 e. The van der Waals surface area contributed by atoms with Crippen LogP contribution in [0, 0.1) is 11.8 Å². The molecule has 1 saturated heterocycles. The minimum absolute atomic E-state index is 0.0337. The number of hydrogen-bond acceptors (Lipinski definition) is 5. The summed E-state index contributed by atoms with van der Waals surface area (Å²) in [5.41, 5.74) is 1.22. The number of aromatic nitrogens is 2. The smallest absolute Gasteiger partial charge is 0.225 e. The molecule has 0 unspecified atom stereocenters. The Kier molecular flexibility index (Phi) is 6.25. The van der Waals surface area contributed by atoms with Crippen molar-refractivity contribution in [3.8, 4) is 0 Å². The lowest BCUT2D eigenvalue weighted by molar-refractivity contribution is -0.126. The van der Waals surface area contributed by atoms with Crippen LogP contribution in [0.1, 0.15) is 45.0 Å². The highest BCUT2D eigenvalue weighted by Gasteiger charge is 2.28. The van der Waals surface area contributed by atoms with E-state index >= 15 is 0 Å². The summed E-state index contributed by atoms with van der Waals surface area (Å²) >= 11 is 1.44. The molecule has 1 aliphatic heterocycles. The molecule has 140 valence electrons. The summed E-state index contributed by atoms with van der Waals surface area (Å²) < 4.78 is 4.52. The Morgan fingerprint density at radius 1 is 1.31 bits per heavy atom. The van der Waals surface area contributed by atoms with Gasteiger partial charge in [0.1, 0.15) is 5.82 Å². The number of benzene rings is 1. The highest BCUT2D eigenvalue weighted by molar-refractivity contribution is 7.09. The largest absolute Gasteiger partial charge is 0.353 e. The van der Waals surface area contributed by atoms with Gasteiger partial charge in [0.2, 0.25) is 11.0 Å². The third-order valence-corrected chi connectivity index (χ3v) is 5.91. The Morgan fingerprint density at radius 2 is 2.08 bits per heavy atom. The van der Waals surface area contributed by atoms with Gasteiger partial charge in [0.25, 0.3) is 0 Å². The average Bonchev–Trinajstić information content (AvgIpc) is 3.11. The van der Waals surface area contributed by atoms with E-state index in [0.29, 0.717) is 5.92 Å². The van der Waals surface area contributed by atoms with Crippen molar-refractivity contribution in [3.63, 3.8) is 0 Å². The van der Waals surface area contributed by atoms with Crippen molar-refractivity contribution in [2.75, 3.05) is 18.0 Å². The van der Waals surface area contributed by atoms with Crippen molar-refractivity contribution in [2.24, 2.45) is 11.8 Å². The first-order valence-electron chi connectivity index (χ1n) is 9.44. The van der Waals surface area contributed by atoms with Gasteiger partial charge in [0.15, 0.2) is 0 Å². The number of rotatable bonds is 6. The van der Waals surface area contributed by atoms with Crippen LogP contribution in [-0.2, 0) is 11.2 Å². The Morgan fingerprint density at radius 3 is 2.81 bits per heavy atom. The Labute approximate surface area is 160 Å². The van der Waals surface area contributed by atoms with E-state index in [1.807, 2.05) is 18.2 Å². The first-order valence-corrected chi connectivity index (χ1v) is 10.2. The molecule has 2 heterocycles. The lowest BCUT2D eigenvalue weighted by Crippen LogP contribution is -2.46. The van der Waals surface area contributed by atoms with Gasteiger partial charge in [0.05, 0.1) is 5.92 Å². The molecule has 1 aliphatic rings. The van der Waals surface area contributed by atoms with Gasteiger partial charge in [0, 0.05) is 37.1 Å². The van der Waals surface area contributed by atoms with Gasteiger partial charge in [-0.2, -0.15) is 4.37 Å². The van der Waals surface area contributed by atoms with E-state index in [1.54, 1.807) is 0 Å². The summed E-state index contributed by atoms with van der Waals surface area (Å²) in [6.45, 7) is 8.02. The van der Waals surface area contributed by atoms with Gasteiger partial charge < -0.3 is 10.2 Å². The van der Waals surface area contributed by atoms with Crippen LogP contribution in [-0.4, -0.2) is 34.4 Å². The molecule has 6 heteroatoms. The number of carbonyl (C=O) groups is 1. The second-order valence-electron chi connectivity index (χ2n) is 7.48. The van der Waals surface area contributed by atoms with Crippen molar-refractivity contribution >= 4 is 22.6 Å². The highest BCUT2D eigenvalue weighted by Crippen LogP contribution is 2.25. The van der Waals surface area contributed by atoms with Gasteiger partial charge in [-0.15, -0.1) is 0 Å². The van der Waals surface area contributed by atoms with E-state index < -0.39 is 0 Å². The fraction of sp³-hybridized carbons (Fsp3) is 0.550. The van der Waals surface area contributed by atoms with Crippen molar-refractivity contribution < 1.29 is 4.79 Å². The van der Waals surface area contributed by atoms with Crippen molar-refractivity contribution in [2.45, 2.75) is 46.1 Å². The van der Waals surface area contributed by atoms with Crippen molar-refractivity contribution in [3.05, 3.63) is 41.7 Å². The SMILES string of the molecule is CC(C)[C@H](C)NC(=O)[C@H]1CCCN(c2nc(Cc3ccccc3)ns2)C1. The molecule has 0 bridgehead atoms. The van der Waals surface area contributed by atoms with Gasteiger partial charge in [-0.3, -0.25) is 4.79 Å². The molecular formula is C20H28N4OS. The quantitative estimate of drug-likeness (QED) is 0.843. The highest BCUT2D eigenvalue weighted by atomic mass is 32.1. The van der Waals surface area contributed by atoms with Crippen LogP contribution in [0.5, 0.6) is 0 Å². The molecule has 1 aromatic heterocycles. The first kappa shape index (κ1) is 18.8. The summed E-state index contributed by atoms with van der Waals surface area (Å²) in [7, 11) is 0. The first-order chi connectivity index (χ1) is 12.5. The molecule has 0 radical (unpaired) electrons. The monoisotopic (exact) mass is 372 g/mol. The van der Waals surface area contributed by atoms with Crippen LogP contribution >= 0.6 is 11.5 Å². The lowest BCUT2D eigenvalue weighted by atomic mass is 9.96.